The van der Waals surface area contributed by atoms with Crippen molar-refractivity contribution in [3.05, 3.63) is 60.7 Å². The summed E-state index contributed by atoms with van der Waals surface area (Å²) in [6.07, 6.45) is 1.09. The van der Waals surface area contributed by atoms with Crippen molar-refractivity contribution in [3.8, 4) is 0 Å². The average Bonchev–Trinajstić information content (AvgIpc) is 3.16. The Labute approximate surface area is 140 Å². The van der Waals surface area contributed by atoms with E-state index in [1.807, 2.05) is 6.07 Å². The van der Waals surface area contributed by atoms with E-state index >= 15 is 0 Å². The molecule has 0 aliphatic rings. The molecule has 0 saturated heterocycles. The highest BCUT2D eigenvalue weighted by molar-refractivity contribution is 6.20. The van der Waals surface area contributed by atoms with Gasteiger partial charge in [0.15, 0.2) is 5.58 Å². The second kappa shape index (κ2) is 4.88. The number of nitrogens with zero attached hydrogens (tertiary/aromatic N) is 1. The van der Waals surface area contributed by atoms with Gasteiger partial charge in [-0.2, -0.15) is 0 Å². The Morgan fingerprint density at radius 1 is 0.833 bits per heavy atom. The molecule has 0 bridgehead atoms. The Balaban J connectivity index is 2.08. The summed E-state index contributed by atoms with van der Waals surface area (Å²) >= 11 is 0. The molecule has 1 unspecified atom stereocenters. The van der Waals surface area contributed by atoms with Crippen LogP contribution in [0.5, 0.6) is 0 Å². The molecule has 0 fully saturated rings. The van der Waals surface area contributed by atoms with Crippen LogP contribution in [-0.4, -0.2) is 4.57 Å². The number of para-hydroxylation sites is 2. The van der Waals surface area contributed by atoms with Crippen LogP contribution in [0.1, 0.15) is 26.3 Å². The number of rotatable bonds is 2. The fourth-order valence-electron chi connectivity index (χ4n) is 3.90. The predicted molar refractivity (Wildman–Crippen MR) is 102 cm³/mol. The lowest BCUT2D eigenvalue weighted by Gasteiger charge is -2.14. The third kappa shape index (κ3) is 1.66. The van der Waals surface area contributed by atoms with Gasteiger partial charge in [0.05, 0.1) is 5.52 Å². The number of hydrogen-bond donors (Lipinski definition) is 0. The Bertz CT molecular complexity index is 1210. The lowest BCUT2D eigenvalue weighted by atomic mass is 10.1. The highest BCUT2D eigenvalue weighted by Gasteiger charge is 2.19. The monoisotopic (exact) mass is 313 g/mol. The molecule has 5 aromatic rings. The molecule has 3 aromatic carbocycles. The number of furan rings is 1. The molecule has 2 nitrogen and oxygen atoms in total. The summed E-state index contributed by atoms with van der Waals surface area (Å²) in [4.78, 5) is 0. The summed E-state index contributed by atoms with van der Waals surface area (Å²) in [6.45, 7) is 4.53. The van der Waals surface area contributed by atoms with Gasteiger partial charge >= 0.3 is 0 Å². The smallest absolute Gasteiger partial charge is 0.159 e. The second-order valence-corrected chi connectivity index (χ2v) is 6.58. The quantitative estimate of drug-likeness (QED) is 0.356. The van der Waals surface area contributed by atoms with E-state index in [4.69, 9.17) is 4.42 Å². The van der Waals surface area contributed by atoms with Crippen molar-refractivity contribution in [2.24, 2.45) is 0 Å². The van der Waals surface area contributed by atoms with Crippen LogP contribution >= 0.6 is 0 Å². The topological polar surface area (TPSA) is 18.1 Å². The van der Waals surface area contributed by atoms with Gasteiger partial charge in [-0.3, -0.25) is 0 Å². The molecule has 0 amide bonds. The minimum Gasteiger partial charge on any atom is -0.454 e. The van der Waals surface area contributed by atoms with Crippen molar-refractivity contribution in [2.45, 2.75) is 26.3 Å². The van der Waals surface area contributed by atoms with Gasteiger partial charge < -0.3 is 8.98 Å². The molecule has 2 aromatic heterocycles. The zero-order valence-corrected chi connectivity index (χ0v) is 13.9. The first-order valence-corrected chi connectivity index (χ1v) is 8.62. The summed E-state index contributed by atoms with van der Waals surface area (Å²) in [7, 11) is 0. The largest absolute Gasteiger partial charge is 0.454 e. The minimum absolute atomic E-state index is 0.422. The zero-order chi connectivity index (χ0) is 16.3. The Kier molecular flexibility index (Phi) is 2.78. The Morgan fingerprint density at radius 2 is 1.54 bits per heavy atom. The molecule has 5 rings (SSSR count). The Hall–Kier alpha value is -2.74. The van der Waals surface area contributed by atoms with Crippen LogP contribution in [0.4, 0.5) is 0 Å². The first-order valence-electron chi connectivity index (χ1n) is 8.62. The molecule has 0 radical (unpaired) electrons. The maximum atomic E-state index is 6.31. The standard InChI is InChI=1S/C22H19NO/c1-3-14(2)23-19-10-6-4-8-15(19)17-12-13-18-16-9-5-7-11-20(16)24-22(18)21(17)23/h4-14H,3H2,1-2H3. The molecule has 2 heterocycles. The summed E-state index contributed by atoms with van der Waals surface area (Å²) in [5.41, 5.74) is 4.47. The van der Waals surface area contributed by atoms with Crippen molar-refractivity contribution in [1.82, 2.24) is 4.57 Å². The maximum absolute atomic E-state index is 6.31. The molecule has 0 aliphatic heterocycles. The van der Waals surface area contributed by atoms with Gasteiger partial charge in [0.2, 0.25) is 0 Å². The van der Waals surface area contributed by atoms with Gasteiger partial charge in [-0.15, -0.1) is 0 Å². The lowest BCUT2D eigenvalue weighted by Crippen LogP contribution is -2.03. The lowest BCUT2D eigenvalue weighted by molar-refractivity contribution is 0.560. The van der Waals surface area contributed by atoms with Gasteiger partial charge in [0.1, 0.15) is 5.58 Å². The van der Waals surface area contributed by atoms with Crippen LogP contribution in [0.3, 0.4) is 0 Å². The predicted octanol–water partition coefficient (Wildman–Crippen LogP) is 6.66. The number of aromatic nitrogens is 1. The van der Waals surface area contributed by atoms with Gasteiger partial charge in [0.25, 0.3) is 0 Å². The van der Waals surface area contributed by atoms with Gasteiger partial charge in [-0.1, -0.05) is 49.4 Å². The molecule has 0 aliphatic carbocycles. The fraction of sp³-hybridized carbons (Fsp3) is 0.182. The first kappa shape index (κ1) is 13.7. The normalized spacial score (nSPS) is 13.4. The van der Waals surface area contributed by atoms with Crippen LogP contribution < -0.4 is 0 Å². The van der Waals surface area contributed by atoms with Crippen LogP contribution in [0.25, 0.3) is 43.7 Å². The van der Waals surface area contributed by atoms with Crippen LogP contribution in [0, 0.1) is 0 Å². The molecule has 0 saturated carbocycles. The molecule has 24 heavy (non-hydrogen) atoms. The van der Waals surface area contributed by atoms with E-state index < -0.39 is 0 Å². The van der Waals surface area contributed by atoms with E-state index in [-0.39, 0.29) is 0 Å². The number of fused-ring (bicyclic) bond motifs is 7. The molecule has 0 spiro atoms. The van der Waals surface area contributed by atoms with Crippen LogP contribution in [0.15, 0.2) is 65.1 Å². The average molecular weight is 313 g/mol. The van der Waals surface area contributed by atoms with Crippen molar-refractivity contribution in [2.75, 3.05) is 0 Å². The molecular formula is C22H19NO. The third-order valence-corrected chi connectivity index (χ3v) is 5.25. The number of benzene rings is 3. The highest BCUT2D eigenvalue weighted by Crippen LogP contribution is 2.40. The zero-order valence-electron chi connectivity index (χ0n) is 13.9. The molecule has 1 atom stereocenters. The first-order chi connectivity index (χ1) is 11.8. The maximum Gasteiger partial charge on any atom is 0.159 e. The molecule has 0 N–H and O–H groups in total. The van der Waals surface area contributed by atoms with E-state index in [0.29, 0.717) is 6.04 Å². The van der Waals surface area contributed by atoms with Gasteiger partial charge in [-0.05, 0) is 31.5 Å². The molecule has 118 valence electrons. The number of hydrogen-bond acceptors (Lipinski definition) is 1. The van der Waals surface area contributed by atoms with E-state index in [1.54, 1.807) is 0 Å². The Morgan fingerprint density at radius 3 is 2.38 bits per heavy atom. The highest BCUT2D eigenvalue weighted by atomic mass is 16.3. The van der Waals surface area contributed by atoms with Crippen molar-refractivity contribution >= 4 is 43.7 Å². The third-order valence-electron chi connectivity index (χ3n) is 5.25. The summed E-state index contributed by atoms with van der Waals surface area (Å²) in [6, 6.07) is 21.9. The summed E-state index contributed by atoms with van der Waals surface area (Å²) < 4.78 is 8.76. The van der Waals surface area contributed by atoms with Crippen LogP contribution in [-0.2, 0) is 0 Å². The SMILES string of the molecule is CCC(C)n1c2ccccc2c2ccc3c4ccccc4oc3c21. The van der Waals surface area contributed by atoms with Gasteiger partial charge in [0, 0.05) is 33.1 Å². The van der Waals surface area contributed by atoms with Crippen molar-refractivity contribution in [1.29, 1.82) is 0 Å². The second-order valence-electron chi connectivity index (χ2n) is 6.58. The summed E-state index contributed by atoms with van der Waals surface area (Å²) in [5, 5.41) is 4.97. The minimum atomic E-state index is 0.422. The van der Waals surface area contributed by atoms with Crippen LogP contribution in [0.2, 0.25) is 0 Å². The van der Waals surface area contributed by atoms with Gasteiger partial charge in [-0.25, -0.2) is 0 Å². The molecule has 2 heteroatoms. The van der Waals surface area contributed by atoms with E-state index in [1.165, 1.54) is 32.6 Å². The summed E-state index contributed by atoms with van der Waals surface area (Å²) in [5.74, 6) is 0. The molecular weight excluding hydrogens is 294 g/mol. The van der Waals surface area contributed by atoms with E-state index in [9.17, 15) is 0 Å². The van der Waals surface area contributed by atoms with E-state index in [2.05, 4.69) is 73.0 Å². The van der Waals surface area contributed by atoms with Crippen molar-refractivity contribution < 1.29 is 4.42 Å². The van der Waals surface area contributed by atoms with E-state index in [0.717, 1.165) is 17.6 Å². The fourth-order valence-corrected chi connectivity index (χ4v) is 3.90. The van der Waals surface area contributed by atoms with Crippen molar-refractivity contribution in [3.63, 3.8) is 0 Å².